The third kappa shape index (κ3) is 4.70. The first-order valence-corrected chi connectivity index (χ1v) is 13.1. The lowest BCUT2D eigenvalue weighted by Gasteiger charge is -2.25. The van der Waals surface area contributed by atoms with Gasteiger partial charge in [0.05, 0.1) is 15.6 Å². The summed E-state index contributed by atoms with van der Waals surface area (Å²) in [4.78, 5) is 33.5. The van der Waals surface area contributed by atoms with Gasteiger partial charge in [0.15, 0.2) is 10.6 Å². The third-order valence-corrected chi connectivity index (χ3v) is 7.77. The van der Waals surface area contributed by atoms with Crippen molar-refractivity contribution in [2.24, 2.45) is 4.99 Å². The van der Waals surface area contributed by atoms with E-state index >= 15 is 0 Å². The van der Waals surface area contributed by atoms with Crippen molar-refractivity contribution in [2.75, 3.05) is 19.0 Å². The van der Waals surface area contributed by atoms with Gasteiger partial charge in [-0.1, -0.05) is 46.7 Å². The predicted octanol–water partition coefficient (Wildman–Crippen LogP) is 5.46. The summed E-state index contributed by atoms with van der Waals surface area (Å²) in [6.07, 6.45) is 1.69. The second-order valence-electron chi connectivity index (χ2n) is 8.95. The normalized spacial score (nSPS) is 15.5. The largest absolute Gasteiger partial charge is 0.457 e. The van der Waals surface area contributed by atoms with Gasteiger partial charge in [-0.3, -0.25) is 14.2 Å². The molecule has 1 atom stereocenters. The molecule has 0 saturated heterocycles. The van der Waals surface area contributed by atoms with Crippen molar-refractivity contribution in [1.29, 1.82) is 0 Å². The van der Waals surface area contributed by atoms with Gasteiger partial charge in [0.2, 0.25) is 0 Å². The SMILES string of the molecule is CC(=O)C1=C(C)N=c2s/c(=C/c3ccc(-c4cc(Cl)ccc4Cl)o3)c(=O)n2C1c1ccc(N(C)C)cc1. The summed E-state index contributed by atoms with van der Waals surface area (Å²) in [5.41, 5.74) is 3.40. The van der Waals surface area contributed by atoms with E-state index in [0.29, 0.717) is 47.7 Å². The number of halogens is 2. The van der Waals surface area contributed by atoms with Crippen LogP contribution in [0.15, 0.2) is 80.1 Å². The van der Waals surface area contributed by atoms with Gasteiger partial charge >= 0.3 is 0 Å². The molecule has 5 rings (SSSR count). The van der Waals surface area contributed by atoms with Gasteiger partial charge in [-0.25, -0.2) is 4.99 Å². The number of benzene rings is 2. The molecule has 0 N–H and O–H groups in total. The van der Waals surface area contributed by atoms with Crippen LogP contribution in [0.4, 0.5) is 5.69 Å². The number of hydrogen-bond acceptors (Lipinski definition) is 6. The number of nitrogens with zero attached hydrogens (tertiary/aromatic N) is 3. The average molecular weight is 552 g/mol. The number of hydrogen-bond donors (Lipinski definition) is 0. The topological polar surface area (TPSA) is 67.8 Å². The van der Waals surface area contributed by atoms with Crippen molar-refractivity contribution in [2.45, 2.75) is 19.9 Å². The van der Waals surface area contributed by atoms with E-state index in [9.17, 15) is 9.59 Å². The summed E-state index contributed by atoms with van der Waals surface area (Å²) in [5.74, 6) is 0.914. The lowest BCUT2D eigenvalue weighted by Crippen LogP contribution is -2.39. The maximum Gasteiger partial charge on any atom is 0.271 e. The van der Waals surface area contributed by atoms with Gasteiger partial charge in [-0.05, 0) is 61.9 Å². The molecule has 37 heavy (non-hydrogen) atoms. The van der Waals surface area contributed by atoms with Crippen LogP contribution in [0.2, 0.25) is 10.0 Å². The van der Waals surface area contributed by atoms with E-state index in [-0.39, 0.29) is 11.3 Å². The Morgan fingerprint density at radius 1 is 1.11 bits per heavy atom. The Balaban J connectivity index is 1.63. The first-order chi connectivity index (χ1) is 17.6. The fourth-order valence-electron chi connectivity index (χ4n) is 4.43. The summed E-state index contributed by atoms with van der Waals surface area (Å²) in [7, 11) is 3.92. The molecule has 1 aliphatic rings. The predicted molar refractivity (Wildman–Crippen MR) is 149 cm³/mol. The minimum Gasteiger partial charge on any atom is -0.457 e. The number of rotatable bonds is 5. The second-order valence-corrected chi connectivity index (χ2v) is 10.8. The first kappa shape index (κ1) is 25.3. The number of carbonyl (C=O) groups excluding carboxylic acids is 1. The minimum absolute atomic E-state index is 0.119. The van der Waals surface area contributed by atoms with Crippen molar-refractivity contribution < 1.29 is 9.21 Å². The fourth-order valence-corrected chi connectivity index (χ4v) is 5.84. The molecule has 188 valence electrons. The number of allylic oxidation sites excluding steroid dienone is 2. The van der Waals surface area contributed by atoms with Gasteiger partial charge in [0, 0.05) is 47.7 Å². The molecular weight excluding hydrogens is 529 g/mol. The monoisotopic (exact) mass is 551 g/mol. The molecule has 6 nitrogen and oxygen atoms in total. The van der Waals surface area contributed by atoms with Crippen LogP contribution in [0.25, 0.3) is 17.4 Å². The van der Waals surface area contributed by atoms with Gasteiger partial charge in [0.25, 0.3) is 5.56 Å². The number of carbonyl (C=O) groups is 1. The van der Waals surface area contributed by atoms with Crippen LogP contribution >= 0.6 is 34.5 Å². The highest BCUT2D eigenvalue weighted by atomic mass is 35.5. The number of aromatic nitrogens is 1. The van der Waals surface area contributed by atoms with Crippen LogP contribution in [-0.2, 0) is 4.79 Å². The molecule has 0 saturated carbocycles. The zero-order chi connectivity index (χ0) is 26.4. The molecule has 0 spiro atoms. The van der Waals surface area contributed by atoms with Gasteiger partial charge in [-0.2, -0.15) is 0 Å². The minimum atomic E-state index is -0.565. The molecule has 0 amide bonds. The maximum absolute atomic E-state index is 13.7. The van der Waals surface area contributed by atoms with Crippen LogP contribution in [0.5, 0.6) is 0 Å². The van der Waals surface area contributed by atoms with E-state index in [1.165, 1.54) is 18.3 Å². The number of anilines is 1. The summed E-state index contributed by atoms with van der Waals surface area (Å²) in [6.45, 7) is 3.32. The third-order valence-electron chi connectivity index (χ3n) is 6.22. The molecule has 0 radical (unpaired) electrons. The molecule has 2 aromatic heterocycles. The Bertz CT molecular complexity index is 1740. The highest BCUT2D eigenvalue weighted by Gasteiger charge is 2.30. The lowest BCUT2D eigenvalue weighted by atomic mass is 9.93. The van der Waals surface area contributed by atoms with E-state index in [1.807, 2.05) is 50.2 Å². The van der Waals surface area contributed by atoms with Crippen molar-refractivity contribution in [3.8, 4) is 11.3 Å². The van der Waals surface area contributed by atoms with E-state index in [4.69, 9.17) is 27.6 Å². The number of ketones is 1. The first-order valence-electron chi connectivity index (χ1n) is 11.5. The Labute approximate surface area is 227 Å². The molecule has 0 bridgehead atoms. The van der Waals surface area contributed by atoms with Crippen molar-refractivity contribution in [3.05, 3.63) is 107 Å². The molecule has 1 aliphatic heterocycles. The van der Waals surface area contributed by atoms with Crippen LogP contribution in [-0.4, -0.2) is 24.4 Å². The summed E-state index contributed by atoms with van der Waals surface area (Å²) in [5, 5.41) is 1.05. The van der Waals surface area contributed by atoms with Crippen molar-refractivity contribution in [1.82, 2.24) is 4.57 Å². The molecule has 0 aliphatic carbocycles. The van der Waals surface area contributed by atoms with E-state index in [2.05, 4.69) is 4.99 Å². The Morgan fingerprint density at radius 3 is 2.51 bits per heavy atom. The molecule has 0 fully saturated rings. The standard InChI is InChI=1S/C28H23Cl2N3O3S/c1-15-25(16(2)34)26(17-5-8-19(9-6-17)32(3)4)33-27(35)24(37-28(33)31-15)14-20-10-12-23(36-20)21-13-18(29)7-11-22(21)30/h5-14,26H,1-4H3/b24-14+. The Morgan fingerprint density at radius 2 is 1.84 bits per heavy atom. The molecule has 4 aromatic rings. The van der Waals surface area contributed by atoms with Gasteiger partial charge in [0.1, 0.15) is 11.5 Å². The maximum atomic E-state index is 13.7. The van der Waals surface area contributed by atoms with Crippen molar-refractivity contribution in [3.63, 3.8) is 0 Å². The zero-order valence-corrected chi connectivity index (χ0v) is 22.9. The van der Waals surface area contributed by atoms with E-state index in [0.717, 1.165) is 11.3 Å². The van der Waals surface area contributed by atoms with E-state index < -0.39 is 6.04 Å². The number of Topliss-reactive ketones (excluding diaryl/α,β-unsaturated/α-hetero) is 1. The lowest BCUT2D eigenvalue weighted by molar-refractivity contribution is -0.114. The van der Waals surface area contributed by atoms with Crippen LogP contribution < -0.4 is 19.8 Å². The molecule has 2 aromatic carbocycles. The average Bonchev–Trinajstić information content (AvgIpc) is 3.44. The van der Waals surface area contributed by atoms with Crippen LogP contribution in [0.3, 0.4) is 0 Å². The number of furan rings is 1. The van der Waals surface area contributed by atoms with Gasteiger partial charge in [-0.15, -0.1) is 0 Å². The summed E-state index contributed by atoms with van der Waals surface area (Å²) >= 11 is 13.7. The van der Waals surface area contributed by atoms with Gasteiger partial charge < -0.3 is 9.32 Å². The molecule has 9 heteroatoms. The molecule has 3 heterocycles. The van der Waals surface area contributed by atoms with Crippen molar-refractivity contribution >= 4 is 52.1 Å². The molecular formula is C28H23Cl2N3O3S. The number of fused-ring (bicyclic) bond motifs is 1. The smallest absolute Gasteiger partial charge is 0.271 e. The summed E-state index contributed by atoms with van der Waals surface area (Å²) < 4.78 is 8.03. The fraction of sp³-hybridized carbons (Fsp3) is 0.179. The number of thiazole rings is 1. The van der Waals surface area contributed by atoms with E-state index in [1.54, 1.807) is 41.0 Å². The van der Waals surface area contributed by atoms with Crippen LogP contribution in [0, 0.1) is 0 Å². The zero-order valence-electron chi connectivity index (χ0n) is 20.6. The Kier molecular flexibility index (Phi) is 6.70. The second kappa shape index (κ2) is 9.82. The highest BCUT2D eigenvalue weighted by Crippen LogP contribution is 2.33. The van der Waals surface area contributed by atoms with Crippen LogP contribution in [0.1, 0.15) is 31.2 Å². The Hall–Kier alpha value is -3.39. The molecule has 1 unspecified atom stereocenters. The summed E-state index contributed by atoms with van der Waals surface area (Å²) in [6, 6.07) is 16.0. The highest BCUT2D eigenvalue weighted by molar-refractivity contribution is 7.07. The quantitative estimate of drug-likeness (QED) is 0.330.